The van der Waals surface area contributed by atoms with Crippen molar-refractivity contribution in [3.8, 4) is 0 Å². The van der Waals surface area contributed by atoms with Crippen LogP contribution in [0.1, 0.15) is 58.1 Å². The predicted molar refractivity (Wildman–Crippen MR) is 202 cm³/mol. The average Bonchev–Trinajstić information content (AvgIpc) is 3.21. The van der Waals surface area contributed by atoms with Crippen molar-refractivity contribution in [3.63, 3.8) is 0 Å². The Balaban J connectivity index is 1.22. The molecule has 2 heterocycles. The van der Waals surface area contributed by atoms with E-state index in [9.17, 15) is 0 Å². The van der Waals surface area contributed by atoms with E-state index in [1.807, 2.05) is 0 Å². The van der Waals surface area contributed by atoms with Crippen molar-refractivity contribution >= 4 is 69.0 Å². The minimum Gasteiger partial charge on any atom is -0.347 e. The molecule has 0 unspecified atom stereocenters. The molecule has 44 heavy (non-hydrogen) atoms. The Morgan fingerprint density at radius 3 is 2.00 bits per heavy atom. The molecular formula is C40H40ClIN2. The highest BCUT2D eigenvalue weighted by Crippen LogP contribution is 2.50. The first-order valence-corrected chi connectivity index (χ1v) is 18.0. The summed E-state index contributed by atoms with van der Waals surface area (Å²) in [5, 5.41) is 6.24. The number of rotatable bonds is 3. The van der Waals surface area contributed by atoms with Gasteiger partial charge in [-0.1, -0.05) is 118 Å². The highest BCUT2D eigenvalue weighted by atomic mass is 127. The first kappa shape index (κ1) is 29.6. The first-order valence-electron chi connectivity index (χ1n) is 15.6. The summed E-state index contributed by atoms with van der Waals surface area (Å²) in [6.45, 7) is 9.51. The molecule has 0 saturated heterocycles. The summed E-state index contributed by atoms with van der Waals surface area (Å²) in [5.74, 6) is 0. The van der Waals surface area contributed by atoms with E-state index in [0.717, 1.165) is 24.3 Å². The molecule has 224 valence electrons. The summed E-state index contributed by atoms with van der Waals surface area (Å²) in [6.07, 6.45) is 12.5. The van der Waals surface area contributed by atoms with Crippen LogP contribution in [0.25, 0.3) is 21.5 Å². The van der Waals surface area contributed by atoms with E-state index in [2.05, 4.69) is 147 Å². The molecule has 7 rings (SSSR count). The largest absolute Gasteiger partial charge is 0.347 e. The van der Waals surface area contributed by atoms with Crippen molar-refractivity contribution in [2.75, 3.05) is 22.1 Å². The SMILES string of the molecule is CN1I=C(/C=C/C2=C(Cl)C(=C/C=C3/N(C)c4ccc5ccccc5c4C3(C)C)/CCC2)C(C)(C)c2c1ccc1ccccc21. The third kappa shape index (κ3) is 4.70. The molecule has 0 fully saturated rings. The Bertz CT molecular complexity index is 1990. The fraction of sp³-hybridized carbons (Fsp3) is 0.275. The molecule has 1 aliphatic carbocycles. The van der Waals surface area contributed by atoms with Crippen LogP contribution in [0.15, 0.2) is 119 Å². The molecular weight excluding hydrogens is 671 g/mol. The maximum Gasteiger partial charge on any atom is 0.0497 e. The summed E-state index contributed by atoms with van der Waals surface area (Å²) in [4.78, 5) is 2.36. The van der Waals surface area contributed by atoms with Crippen LogP contribution < -0.4 is 8.01 Å². The van der Waals surface area contributed by atoms with E-state index < -0.39 is 0 Å². The molecule has 2 aliphatic heterocycles. The molecule has 0 atom stereocenters. The van der Waals surface area contributed by atoms with Gasteiger partial charge in [0.2, 0.25) is 0 Å². The molecule has 0 aromatic heterocycles. The van der Waals surface area contributed by atoms with Gasteiger partial charge < -0.3 is 8.01 Å². The van der Waals surface area contributed by atoms with Gasteiger partial charge in [-0.25, -0.2) is 0 Å². The van der Waals surface area contributed by atoms with Gasteiger partial charge in [0.1, 0.15) is 0 Å². The third-order valence-corrected chi connectivity index (χ3v) is 13.9. The third-order valence-electron chi connectivity index (χ3n) is 9.90. The summed E-state index contributed by atoms with van der Waals surface area (Å²) in [5.41, 5.74) is 9.19. The van der Waals surface area contributed by atoms with Gasteiger partial charge in [-0.2, -0.15) is 0 Å². The second kappa shape index (κ2) is 11.0. The highest BCUT2D eigenvalue weighted by molar-refractivity contribution is 14.2. The number of allylic oxidation sites excluding steroid dienone is 8. The fourth-order valence-electron chi connectivity index (χ4n) is 7.57. The van der Waals surface area contributed by atoms with Crippen LogP contribution in [0.2, 0.25) is 0 Å². The second-order valence-corrected chi connectivity index (χ2v) is 16.8. The lowest BCUT2D eigenvalue weighted by atomic mass is 9.77. The number of likely N-dealkylation sites (N-methyl/N-ethyl adjacent to an activating group) is 1. The normalized spacial score (nSPS) is 21.3. The zero-order valence-electron chi connectivity index (χ0n) is 26.5. The van der Waals surface area contributed by atoms with Gasteiger partial charge in [0, 0.05) is 71.5 Å². The molecule has 4 heteroatoms. The highest BCUT2D eigenvalue weighted by Gasteiger charge is 2.39. The van der Waals surface area contributed by atoms with E-state index in [0.29, 0.717) is 0 Å². The molecule has 0 spiro atoms. The van der Waals surface area contributed by atoms with Crippen molar-refractivity contribution in [1.29, 1.82) is 0 Å². The molecule has 3 aliphatic rings. The van der Waals surface area contributed by atoms with Crippen LogP contribution in [0.5, 0.6) is 0 Å². The molecule has 0 radical (unpaired) electrons. The second-order valence-electron chi connectivity index (χ2n) is 13.4. The Morgan fingerprint density at radius 2 is 1.32 bits per heavy atom. The average molecular weight is 711 g/mol. The molecule has 4 aromatic carbocycles. The maximum atomic E-state index is 7.19. The number of halogens is 2. The molecule has 0 N–H and O–H groups in total. The minimum atomic E-state index is -0.302. The lowest BCUT2D eigenvalue weighted by molar-refractivity contribution is 0.645. The topological polar surface area (TPSA) is 6.48 Å². The van der Waals surface area contributed by atoms with Crippen LogP contribution in [-0.2, 0) is 10.8 Å². The van der Waals surface area contributed by atoms with Gasteiger partial charge >= 0.3 is 0 Å². The van der Waals surface area contributed by atoms with Crippen molar-refractivity contribution < 1.29 is 0 Å². The number of nitrogens with zero attached hydrogens (tertiary/aromatic N) is 2. The monoisotopic (exact) mass is 710 g/mol. The summed E-state index contributed by atoms with van der Waals surface area (Å²) in [7, 11) is 4.46. The van der Waals surface area contributed by atoms with Crippen molar-refractivity contribution in [3.05, 3.63) is 130 Å². The van der Waals surface area contributed by atoms with Crippen molar-refractivity contribution in [2.45, 2.75) is 57.8 Å². The smallest absolute Gasteiger partial charge is 0.0497 e. The fourth-order valence-corrected chi connectivity index (χ4v) is 10.5. The molecule has 0 amide bonds. The number of benzene rings is 4. The van der Waals surface area contributed by atoms with Gasteiger partial charge in [0.15, 0.2) is 0 Å². The lowest BCUT2D eigenvalue weighted by Crippen LogP contribution is -2.33. The van der Waals surface area contributed by atoms with Gasteiger partial charge in [0.05, 0.1) is 0 Å². The summed E-state index contributed by atoms with van der Waals surface area (Å²) >= 11 is 6.89. The number of hydrogen-bond donors (Lipinski definition) is 0. The number of fused-ring (bicyclic) bond motifs is 6. The maximum absolute atomic E-state index is 7.19. The summed E-state index contributed by atoms with van der Waals surface area (Å²) < 4.78 is 4.03. The van der Waals surface area contributed by atoms with E-state index in [4.69, 9.17) is 11.6 Å². The lowest BCUT2D eigenvalue weighted by Gasteiger charge is -2.37. The quantitative estimate of drug-likeness (QED) is 0.154. The van der Waals surface area contributed by atoms with E-state index >= 15 is 0 Å². The molecule has 0 saturated carbocycles. The minimum absolute atomic E-state index is 0.0326. The van der Waals surface area contributed by atoms with Crippen LogP contribution >= 0.6 is 32.6 Å². The Hall–Kier alpha value is -3.15. The molecule has 4 aromatic rings. The van der Waals surface area contributed by atoms with Gasteiger partial charge in [-0.15, -0.1) is 0 Å². The first-order chi connectivity index (χ1) is 21.1. The van der Waals surface area contributed by atoms with E-state index in [-0.39, 0.29) is 31.8 Å². The zero-order chi connectivity index (χ0) is 30.8. The van der Waals surface area contributed by atoms with E-state index in [1.165, 1.54) is 64.4 Å². The Kier molecular flexibility index (Phi) is 7.41. The number of hydrogen-bond acceptors (Lipinski definition) is 2. The predicted octanol–water partition coefficient (Wildman–Crippen LogP) is 11.2. The van der Waals surface area contributed by atoms with Crippen LogP contribution in [0.3, 0.4) is 0 Å². The standard InChI is InChI=1S/C40H40ClIN2/c1-39(2)34(42-44(6)33-23-19-27-13-8-10-17-31(27)37(33)39)24-20-28-14-11-15-29(38(28)41)21-25-35-40(3,4)36-30-16-9-7-12-26(30)18-22-32(36)43(35)5/h7-10,12-13,16-25H,11,14-15H2,1-6H3/b24-20+,29-21+,35-25+. The number of anilines is 2. The van der Waals surface area contributed by atoms with Crippen molar-refractivity contribution in [1.82, 2.24) is 0 Å². The Labute approximate surface area is 277 Å². The molecule has 2 nitrogen and oxygen atoms in total. The summed E-state index contributed by atoms with van der Waals surface area (Å²) in [6, 6.07) is 26.7. The van der Waals surface area contributed by atoms with Crippen LogP contribution in [0, 0.1) is 0 Å². The van der Waals surface area contributed by atoms with E-state index in [1.54, 1.807) is 0 Å². The van der Waals surface area contributed by atoms with Crippen LogP contribution in [0.4, 0.5) is 11.4 Å². The Morgan fingerprint density at radius 1 is 0.705 bits per heavy atom. The van der Waals surface area contributed by atoms with Gasteiger partial charge in [-0.05, 0) is 81.3 Å². The van der Waals surface area contributed by atoms with Gasteiger partial charge in [-0.3, -0.25) is 0 Å². The zero-order valence-corrected chi connectivity index (χ0v) is 29.4. The van der Waals surface area contributed by atoms with Gasteiger partial charge in [0.25, 0.3) is 0 Å². The van der Waals surface area contributed by atoms with Crippen LogP contribution in [-0.4, -0.2) is 17.6 Å². The molecule has 0 bridgehead atoms. The van der Waals surface area contributed by atoms with Crippen molar-refractivity contribution in [2.24, 2.45) is 0 Å².